The number of nitrogens with zero attached hydrogens (tertiary/aromatic N) is 2. The molecule has 0 radical (unpaired) electrons. The van der Waals surface area contributed by atoms with Crippen LogP contribution in [0.4, 0.5) is 4.39 Å². The molecule has 15 heavy (non-hydrogen) atoms. The highest BCUT2D eigenvalue weighted by Crippen LogP contribution is 2.05. The Kier molecular flexibility index (Phi) is 3.00. The lowest BCUT2D eigenvalue weighted by Crippen LogP contribution is -2.42. The zero-order valence-electron chi connectivity index (χ0n) is 8.41. The van der Waals surface area contributed by atoms with Crippen LogP contribution in [-0.4, -0.2) is 16.4 Å². The largest absolute Gasteiger partial charge is 0.334 e. The van der Waals surface area contributed by atoms with E-state index in [0.717, 1.165) is 12.3 Å². The number of rotatable bonds is 2. The van der Waals surface area contributed by atoms with Crippen molar-refractivity contribution in [3.8, 4) is 6.07 Å². The Hall–Kier alpha value is -1.96. The Morgan fingerprint density at radius 3 is 2.80 bits per heavy atom. The van der Waals surface area contributed by atoms with Gasteiger partial charge in [-0.05, 0) is 19.9 Å². The van der Waals surface area contributed by atoms with Gasteiger partial charge in [0, 0.05) is 6.20 Å². The van der Waals surface area contributed by atoms with E-state index in [1.54, 1.807) is 13.8 Å². The molecular weight excluding hydrogens is 197 g/mol. The molecule has 0 aliphatic carbocycles. The quantitative estimate of drug-likeness (QED) is 0.793. The van der Waals surface area contributed by atoms with Crippen LogP contribution in [0.15, 0.2) is 18.5 Å². The van der Waals surface area contributed by atoms with Gasteiger partial charge in [-0.3, -0.25) is 9.78 Å². The average Bonchev–Trinajstić information content (AvgIpc) is 2.17. The summed E-state index contributed by atoms with van der Waals surface area (Å²) in [7, 11) is 0. The van der Waals surface area contributed by atoms with Crippen LogP contribution in [0.5, 0.6) is 0 Å². The third kappa shape index (κ3) is 3.02. The molecule has 5 heteroatoms. The van der Waals surface area contributed by atoms with Gasteiger partial charge >= 0.3 is 0 Å². The van der Waals surface area contributed by atoms with E-state index in [2.05, 4.69) is 10.3 Å². The van der Waals surface area contributed by atoms with Gasteiger partial charge in [0.1, 0.15) is 11.4 Å². The highest BCUT2D eigenvalue weighted by molar-refractivity contribution is 5.94. The van der Waals surface area contributed by atoms with Crippen LogP contribution in [0.1, 0.15) is 24.2 Å². The van der Waals surface area contributed by atoms with Crippen LogP contribution in [0.25, 0.3) is 0 Å². The molecule has 1 rings (SSSR count). The predicted molar refractivity (Wildman–Crippen MR) is 51.4 cm³/mol. The Morgan fingerprint density at radius 2 is 2.27 bits per heavy atom. The van der Waals surface area contributed by atoms with Crippen molar-refractivity contribution < 1.29 is 9.18 Å². The summed E-state index contributed by atoms with van der Waals surface area (Å²) in [6, 6.07) is 2.98. The van der Waals surface area contributed by atoms with E-state index in [0.29, 0.717) is 0 Å². The number of hydrogen-bond acceptors (Lipinski definition) is 3. The van der Waals surface area contributed by atoms with Crippen LogP contribution in [-0.2, 0) is 0 Å². The number of nitriles is 1. The molecule has 0 aliphatic rings. The number of pyridine rings is 1. The maximum atomic E-state index is 12.7. The minimum atomic E-state index is -0.983. The summed E-state index contributed by atoms with van der Waals surface area (Å²) >= 11 is 0. The van der Waals surface area contributed by atoms with E-state index in [-0.39, 0.29) is 5.56 Å². The molecule has 1 amide bonds. The van der Waals surface area contributed by atoms with Crippen molar-refractivity contribution in [2.75, 3.05) is 0 Å². The monoisotopic (exact) mass is 207 g/mol. The van der Waals surface area contributed by atoms with Gasteiger partial charge in [0.25, 0.3) is 5.91 Å². The smallest absolute Gasteiger partial charge is 0.254 e. The van der Waals surface area contributed by atoms with E-state index in [9.17, 15) is 9.18 Å². The maximum Gasteiger partial charge on any atom is 0.254 e. The number of amides is 1. The minimum absolute atomic E-state index is 0.0957. The third-order valence-corrected chi connectivity index (χ3v) is 1.67. The summed E-state index contributed by atoms with van der Waals surface area (Å²) in [4.78, 5) is 15.0. The highest BCUT2D eigenvalue weighted by Gasteiger charge is 2.20. The summed E-state index contributed by atoms with van der Waals surface area (Å²) in [5.74, 6) is -1.11. The molecule has 0 atom stereocenters. The van der Waals surface area contributed by atoms with E-state index in [1.165, 1.54) is 6.20 Å². The van der Waals surface area contributed by atoms with Crippen molar-refractivity contribution in [2.24, 2.45) is 0 Å². The molecule has 0 unspecified atom stereocenters. The first-order chi connectivity index (χ1) is 6.94. The molecule has 0 aromatic carbocycles. The van der Waals surface area contributed by atoms with Crippen molar-refractivity contribution >= 4 is 5.91 Å². The number of carbonyl (C=O) groups excluding carboxylic acids is 1. The molecule has 0 aliphatic heterocycles. The van der Waals surface area contributed by atoms with Gasteiger partial charge in [-0.1, -0.05) is 0 Å². The van der Waals surface area contributed by atoms with Crippen molar-refractivity contribution in [3.05, 3.63) is 29.8 Å². The lowest BCUT2D eigenvalue weighted by atomic mass is 10.1. The molecule has 1 N–H and O–H groups in total. The Balaban J connectivity index is 2.84. The molecule has 0 saturated heterocycles. The van der Waals surface area contributed by atoms with Gasteiger partial charge in [-0.15, -0.1) is 0 Å². The second kappa shape index (κ2) is 4.05. The van der Waals surface area contributed by atoms with Gasteiger partial charge in [0.15, 0.2) is 0 Å². The standard InChI is InChI=1S/C10H10FN3O/c1-10(2,6-12)14-9(15)7-3-8(11)5-13-4-7/h3-5H,1-2H3,(H,14,15). The minimum Gasteiger partial charge on any atom is -0.334 e. The fourth-order valence-corrected chi connectivity index (χ4v) is 0.920. The molecule has 1 heterocycles. The lowest BCUT2D eigenvalue weighted by molar-refractivity contribution is 0.0928. The molecule has 0 bridgehead atoms. The Morgan fingerprint density at radius 1 is 1.60 bits per heavy atom. The average molecular weight is 207 g/mol. The van der Waals surface area contributed by atoms with Crippen molar-refractivity contribution in [3.63, 3.8) is 0 Å². The summed E-state index contributed by atoms with van der Waals surface area (Å²) < 4.78 is 12.7. The first kappa shape index (κ1) is 11.1. The summed E-state index contributed by atoms with van der Waals surface area (Å²) in [5.41, 5.74) is -0.887. The fourth-order valence-electron chi connectivity index (χ4n) is 0.920. The van der Waals surface area contributed by atoms with Crippen LogP contribution < -0.4 is 5.32 Å². The van der Waals surface area contributed by atoms with Gasteiger partial charge in [-0.2, -0.15) is 5.26 Å². The van der Waals surface area contributed by atoms with Crippen molar-refractivity contribution in [1.82, 2.24) is 10.3 Å². The second-order valence-corrected chi connectivity index (χ2v) is 3.58. The van der Waals surface area contributed by atoms with E-state index >= 15 is 0 Å². The van der Waals surface area contributed by atoms with E-state index < -0.39 is 17.3 Å². The van der Waals surface area contributed by atoms with E-state index in [4.69, 9.17) is 5.26 Å². The van der Waals surface area contributed by atoms with Crippen molar-refractivity contribution in [2.45, 2.75) is 19.4 Å². The number of aromatic nitrogens is 1. The lowest BCUT2D eigenvalue weighted by Gasteiger charge is -2.17. The molecule has 1 aromatic heterocycles. The van der Waals surface area contributed by atoms with Crippen LogP contribution >= 0.6 is 0 Å². The topological polar surface area (TPSA) is 65.8 Å². The summed E-state index contributed by atoms with van der Waals surface area (Å²) in [6.45, 7) is 3.11. The first-order valence-corrected chi connectivity index (χ1v) is 4.29. The van der Waals surface area contributed by atoms with Gasteiger partial charge in [0.2, 0.25) is 0 Å². The number of nitrogens with one attached hydrogen (secondary N) is 1. The predicted octanol–water partition coefficient (Wildman–Crippen LogP) is 1.25. The molecule has 0 fully saturated rings. The third-order valence-electron chi connectivity index (χ3n) is 1.67. The maximum absolute atomic E-state index is 12.7. The van der Waals surface area contributed by atoms with Gasteiger partial charge < -0.3 is 5.32 Å². The first-order valence-electron chi connectivity index (χ1n) is 4.29. The van der Waals surface area contributed by atoms with Gasteiger partial charge in [0.05, 0.1) is 17.8 Å². The molecule has 0 spiro atoms. The zero-order valence-corrected chi connectivity index (χ0v) is 8.41. The van der Waals surface area contributed by atoms with Gasteiger partial charge in [-0.25, -0.2) is 4.39 Å². The Bertz CT molecular complexity index is 423. The number of halogens is 1. The molecular formula is C10H10FN3O. The molecule has 0 saturated carbocycles. The number of carbonyl (C=O) groups is 1. The van der Waals surface area contributed by atoms with E-state index in [1.807, 2.05) is 6.07 Å². The highest BCUT2D eigenvalue weighted by atomic mass is 19.1. The fraction of sp³-hybridized carbons (Fsp3) is 0.300. The normalized spacial score (nSPS) is 10.5. The van der Waals surface area contributed by atoms with Crippen LogP contribution in [0, 0.1) is 17.1 Å². The number of hydrogen-bond donors (Lipinski definition) is 1. The molecule has 4 nitrogen and oxygen atoms in total. The summed E-state index contributed by atoms with van der Waals surface area (Å²) in [6.07, 6.45) is 2.25. The summed E-state index contributed by atoms with van der Waals surface area (Å²) in [5, 5.41) is 11.1. The van der Waals surface area contributed by atoms with Crippen LogP contribution in [0.2, 0.25) is 0 Å². The van der Waals surface area contributed by atoms with Crippen LogP contribution in [0.3, 0.4) is 0 Å². The Labute approximate surface area is 86.7 Å². The SMILES string of the molecule is CC(C)(C#N)NC(=O)c1cncc(F)c1. The second-order valence-electron chi connectivity index (χ2n) is 3.58. The zero-order chi connectivity index (χ0) is 11.5. The van der Waals surface area contributed by atoms with Crippen molar-refractivity contribution in [1.29, 1.82) is 5.26 Å². The molecule has 78 valence electrons. The molecule has 1 aromatic rings.